The third-order valence-corrected chi connectivity index (χ3v) is 4.08. The molecule has 18 heavy (non-hydrogen) atoms. The van der Waals surface area contributed by atoms with Crippen LogP contribution in [-0.4, -0.2) is 35.6 Å². The molecule has 0 saturated carbocycles. The lowest BCUT2D eigenvalue weighted by atomic mass is 10.00. The number of nitrogens with zero attached hydrogens (tertiary/aromatic N) is 2. The lowest BCUT2D eigenvalue weighted by Crippen LogP contribution is -2.37. The zero-order chi connectivity index (χ0) is 12.7. The van der Waals surface area contributed by atoms with Crippen LogP contribution in [0, 0.1) is 5.92 Å². The van der Waals surface area contributed by atoms with E-state index in [1.165, 1.54) is 18.5 Å². The van der Waals surface area contributed by atoms with Crippen LogP contribution in [0.25, 0.3) is 5.57 Å². The molecule has 1 aliphatic carbocycles. The molecule has 0 N–H and O–H groups in total. The average Bonchev–Trinajstić information content (AvgIpc) is 2.98. The first-order valence-corrected chi connectivity index (χ1v) is 6.67. The van der Waals surface area contributed by atoms with Gasteiger partial charge in [0.2, 0.25) is 5.88 Å². The third-order valence-electron chi connectivity index (χ3n) is 4.08. The van der Waals surface area contributed by atoms with Crippen molar-refractivity contribution in [3.05, 3.63) is 30.0 Å². The van der Waals surface area contributed by atoms with Crippen molar-refractivity contribution in [2.45, 2.75) is 32.4 Å². The highest BCUT2D eigenvalue weighted by atomic mass is 16.5. The summed E-state index contributed by atoms with van der Waals surface area (Å²) in [6.45, 7) is 5.76. The number of hydrogen-bond donors (Lipinski definition) is 0. The van der Waals surface area contributed by atoms with Gasteiger partial charge in [-0.3, -0.25) is 4.90 Å². The van der Waals surface area contributed by atoms with Gasteiger partial charge in [-0.1, -0.05) is 6.08 Å². The fourth-order valence-corrected chi connectivity index (χ4v) is 3.30. The number of pyridine rings is 1. The quantitative estimate of drug-likeness (QED) is 0.817. The van der Waals surface area contributed by atoms with Crippen LogP contribution in [0.4, 0.5) is 0 Å². The second-order valence-corrected chi connectivity index (χ2v) is 5.48. The Morgan fingerprint density at radius 2 is 2.28 bits per heavy atom. The minimum absolute atomic E-state index is 0.549. The smallest absolute Gasteiger partial charge is 0.220 e. The molecule has 1 fully saturated rings. The maximum absolute atomic E-state index is 5.39. The summed E-state index contributed by atoms with van der Waals surface area (Å²) in [7, 11) is 1.69. The van der Waals surface area contributed by atoms with Gasteiger partial charge in [0.05, 0.1) is 7.11 Å². The van der Waals surface area contributed by atoms with Crippen LogP contribution in [0.1, 0.15) is 25.8 Å². The van der Waals surface area contributed by atoms with Crippen molar-refractivity contribution in [2.75, 3.05) is 13.7 Å². The number of ether oxygens (including phenoxy) is 1. The van der Waals surface area contributed by atoms with Gasteiger partial charge in [-0.25, -0.2) is 4.98 Å². The Kier molecular flexibility index (Phi) is 2.86. The molecule has 2 aliphatic rings. The van der Waals surface area contributed by atoms with Gasteiger partial charge < -0.3 is 4.74 Å². The normalized spacial score (nSPS) is 26.8. The highest BCUT2D eigenvalue weighted by molar-refractivity contribution is 5.75. The fourth-order valence-electron chi connectivity index (χ4n) is 3.30. The maximum Gasteiger partial charge on any atom is 0.220 e. The van der Waals surface area contributed by atoms with Gasteiger partial charge >= 0.3 is 0 Å². The van der Waals surface area contributed by atoms with E-state index in [0.29, 0.717) is 18.0 Å². The second-order valence-electron chi connectivity index (χ2n) is 5.48. The molecule has 2 atom stereocenters. The van der Waals surface area contributed by atoms with E-state index in [9.17, 15) is 0 Å². The van der Waals surface area contributed by atoms with E-state index in [2.05, 4.69) is 35.9 Å². The summed E-state index contributed by atoms with van der Waals surface area (Å²) in [4.78, 5) is 6.90. The van der Waals surface area contributed by atoms with Gasteiger partial charge in [-0.2, -0.15) is 0 Å². The predicted octanol–water partition coefficient (Wildman–Crippen LogP) is 2.59. The van der Waals surface area contributed by atoms with Crippen molar-refractivity contribution in [2.24, 2.45) is 5.92 Å². The van der Waals surface area contributed by atoms with Gasteiger partial charge in [0, 0.05) is 30.4 Å². The number of fused-ring (bicyclic) bond motifs is 2. The molecular formula is C15H20N2O. The summed E-state index contributed by atoms with van der Waals surface area (Å²) in [6.07, 6.45) is 5.46. The zero-order valence-corrected chi connectivity index (χ0v) is 11.3. The Bertz CT molecular complexity index is 481. The molecule has 2 heterocycles. The number of hydrogen-bond acceptors (Lipinski definition) is 3. The first-order chi connectivity index (χ1) is 8.70. The molecule has 2 bridgehead atoms. The summed E-state index contributed by atoms with van der Waals surface area (Å²) in [6, 6.07) is 5.26. The summed E-state index contributed by atoms with van der Waals surface area (Å²) in [5, 5.41) is 0. The third kappa shape index (κ3) is 1.74. The SMILES string of the molecule is COc1ncccc1C1=CC2CC1N(C(C)C)C2. The van der Waals surface area contributed by atoms with Crippen molar-refractivity contribution in [1.29, 1.82) is 0 Å². The van der Waals surface area contributed by atoms with Crippen molar-refractivity contribution in [1.82, 2.24) is 9.88 Å². The van der Waals surface area contributed by atoms with E-state index in [1.54, 1.807) is 13.3 Å². The van der Waals surface area contributed by atoms with Crippen LogP contribution < -0.4 is 4.74 Å². The van der Waals surface area contributed by atoms with Crippen molar-refractivity contribution >= 4 is 5.57 Å². The fraction of sp³-hybridized carbons (Fsp3) is 0.533. The molecular weight excluding hydrogens is 224 g/mol. The topological polar surface area (TPSA) is 25.4 Å². The van der Waals surface area contributed by atoms with E-state index in [0.717, 1.165) is 11.4 Å². The molecule has 0 aromatic carbocycles. The lowest BCUT2D eigenvalue weighted by molar-refractivity contribution is 0.231. The van der Waals surface area contributed by atoms with Crippen LogP contribution in [0.15, 0.2) is 24.4 Å². The Balaban J connectivity index is 1.96. The maximum atomic E-state index is 5.39. The molecule has 3 heteroatoms. The van der Waals surface area contributed by atoms with E-state index in [-0.39, 0.29) is 0 Å². The van der Waals surface area contributed by atoms with Crippen LogP contribution in [0.2, 0.25) is 0 Å². The molecule has 1 aromatic heterocycles. The molecule has 2 unspecified atom stereocenters. The molecule has 0 amide bonds. The van der Waals surface area contributed by atoms with E-state index < -0.39 is 0 Å². The monoisotopic (exact) mass is 244 g/mol. The molecule has 3 rings (SSSR count). The van der Waals surface area contributed by atoms with Crippen molar-refractivity contribution in [3.63, 3.8) is 0 Å². The minimum atomic E-state index is 0.549. The van der Waals surface area contributed by atoms with Gasteiger partial charge in [-0.15, -0.1) is 0 Å². The lowest BCUT2D eigenvalue weighted by Gasteiger charge is -2.32. The largest absolute Gasteiger partial charge is 0.481 e. The molecule has 0 radical (unpaired) electrons. The van der Waals surface area contributed by atoms with Crippen molar-refractivity contribution in [3.8, 4) is 5.88 Å². The molecule has 1 saturated heterocycles. The molecule has 1 aromatic rings. The number of methoxy groups -OCH3 is 1. The van der Waals surface area contributed by atoms with Gasteiger partial charge in [-0.05, 0) is 43.9 Å². The Labute approximate surface area is 108 Å². The summed E-state index contributed by atoms with van der Waals surface area (Å²) >= 11 is 0. The van der Waals surface area contributed by atoms with Gasteiger partial charge in [0.1, 0.15) is 0 Å². The molecule has 96 valence electrons. The summed E-state index contributed by atoms with van der Waals surface area (Å²) in [5.74, 6) is 1.46. The Hall–Kier alpha value is -1.35. The number of likely N-dealkylation sites (tertiary alicyclic amines) is 1. The van der Waals surface area contributed by atoms with Crippen LogP contribution >= 0.6 is 0 Å². The Morgan fingerprint density at radius 1 is 1.44 bits per heavy atom. The molecule has 1 aliphatic heterocycles. The van der Waals surface area contributed by atoms with Gasteiger partial charge in [0.25, 0.3) is 0 Å². The Morgan fingerprint density at radius 3 is 2.94 bits per heavy atom. The molecule has 3 nitrogen and oxygen atoms in total. The van der Waals surface area contributed by atoms with E-state index >= 15 is 0 Å². The first kappa shape index (κ1) is 11.7. The number of rotatable bonds is 3. The highest BCUT2D eigenvalue weighted by Crippen LogP contribution is 2.44. The number of aromatic nitrogens is 1. The summed E-state index contributed by atoms with van der Waals surface area (Å²) in [5.41, 5.74) is 2.57. The van der Waals surface area contributed by atoms with E-state index in [4.69, 9.17) is 4.74 Å². The second kappa shape index (κ2) is 4.39. The van der Waals surface area contributed by atoms with Crippen molar-refractivity contribution < 1.29 is 4.74 Å². The zero-order valence-electron chi connectivity index (χ0n) is 11.3. The predicted molar refractivity (Wildman–Crippen MR) is 72.5 cm³/mol. The first-order valence-electron chi connectivity index (χ1n) is 6.67. The average molecular weight is 244 g/mol. The molecule has 0 spiro atoms. The van der Waals surface area contributed by atoms with Crippen LogP contribution in [0.5, 0.6) is 5.88 Å². The van der Waals surface area contributed by atoms with E-state index in [1.807, 2.05) is 6.07 Å². The minimum Gasteiger partial charge on any atom is -0.481 e. The standard InChI is InChI=1S/C15H20N2O/c1-10(2)17-9-11-7-13(14(17)8-11)12-5-4-6-16-15(12)18-3/h4-7,10-11,14H,8-9H2,1-3H3. The highest BCUT2D eigenvalue weighted by Gasteiger charge is 2.41. The summed E-state index contributed by atoms with van der Waals surface area (Å²) < 4.78 is 5.39. The van der Waals surface area contributed by atoms with Crippen LogP contribution in [0.3, 0.4) is 0 Å². The van der Waals surface area contributed by atoms with Crippen LogP contribution in [-0.2, 0) is 0 Å². The van der Waals surface area contributed by atoms with Gasteiger partial charge in [0.15, 0.2) is 0 Å².